The van der Waals surface area contributed by atoms with Gasteiger partial charge in [0.15, 0.2) is 18.3 Å². The van der Waals surface area contributed by atoms with E-state index < -0.39 is 0 Å². The van der Waals surface area contributed by atoms with E-state index in [4.69, 9.17) is 19.9 Å². The minimum atomic E-state index is 0.206. The SMILES string of the molecule is CCOCOc1c(Br)cc(CN)cc1OCC. The predicted octanol–water partition coefficient (Wildman–Crippen LogP) is 2.68. The molecule has 0 spiro atoms. The third-order valence-corrected chi connectivity index (χ3v) is 2.68. The summed E-state index contributed by atoms with van der Waals surface area (Å²) < 4.78 is 17.0. The Hall–Kier alpha value is -0.780. The van der Waals surface area contributed by atoms with Crippen LogP contribution in [-0.2, 0) is 11.3 Å². The topological polar surface area (TPSA) is 53.7 Å². The molecule has 0 unspecified atom stereocenters. The Morgan fingerprint density at radius 2 is 1.94 bits per heavy atom. The van der Waals surface area contributed by atoms with E-state index in [9.17, 15) is 0 Å². The molecule has 0 amide bonds. The second kappa shape index (κ2) is 7.53. The van der Waals surface area contributed by atoms with E-state index >= 15 is 0 Å². The van der Waals surface area contributed by atoms with Gasteiger partial charge < -0.3 is 19.9 Å². The average molecular weight is 304 g/mol. The summed E-state index contributed by atoms with van der Waals surface area (Å²) in [6.07, 6.45) is 0. The third-order valence-electron chi connectivity index (χ3n) is 2.10. The Kier molecular flexibility index (Phi) is 6.32. The van der Waals surface area contributed by atoms with Crippen LogP contribution < -0.4 is 15.2 Å². The van der Waals surface area contributed by atoms with Gasteiger partial charge in [0.05, 0.1) is 11.1 Å². The smallest absolute Gasteiger partial charge is 0.189 e. The second-order valence-electron chi connectivity index (χ2n) is 3.30. The molecule has 0 aliphatic carbocycles. The zero-order chi connectivity index (χ0) is 12.7. The first-order valence-electron chi connectivity index (χ1n) is 5.58. The molecule has 1 aromatic carbocycles. The van der Waals surface area contributed by atoms with Gasteiger partial charge in [0, 0.05) is 13.2 Å². The molecule has 1 aromatic rings. The number of hydrogen-bond acceptors (Lipinski definition) is 4. The zero-order valence-corrected chi connectivity index (χ0v) is 11.7. The molecule has 4 nitrogen and oxygen atoms in total. The van der Waals surface area contributed by atoms with Crippen LogP contribution in [0.4, 0.5) is 0 Å². The van der Waals surface area contributed by atoms with Crippen molar-refractivity contribution in [2.75, 3.05) is 20.0 Å². The zero-order valence-electron chi connectivity index (χ0n) is 10.2. The summed E-state index contributed by atoms with van der Waals surface area (Å²) >= 11 is 3.44. The lowest BCUT2D eigenvalue weighted by Gasteiger charge is -2.14. The molecule has 0 saturated carbocycles. The van der Waals surface area contributed by atoms with Gasteiger partial charge in [0.1, 0.15) is 0 Å². The fourth-order valence-corrected chi connectivity index (χ4v) is 1.93. The first-order chi connectivity index (χ1) is 8.22. The van der Waals surface area contributed by atoms with E-state index in [0.29, 0.717) is 31.3 Å². The molecule has 1 rings (SSSR count). The van der Waals surface area contributed by atoms with Crippen molar-refractivity contribution in [2.24, 2.45) is 5.73 Å². The molecule has 0 saturated heterocycles. The van der Waals surface area contributed by atoms with Crippen LogP contribution in [0.1, 0.15) is 19.4 Å². The lowest BCUT2D eigenvalue weighted by atomic mass is 10.2. The number of benzene rings is 1. The summed E-state index contributed by atoms with van der Waals surface area (Å²) in [6.45, 7) is 5.70. The molecule has 0 atom stereocenters. The number of halogens is 1. The van der Waals surface area contributed by atoms with Gasteiger partial charge in [-0.3, -0.25) is 0 Å². The van der Waals surface area contributed by atoms with Gasteiger partial charge in [-0.25, -0.2) is 0 Å². The summed E-state index contributed by atoms with van der Waals surface area (Å²) in [7, 11) is 0. The van der Waals surface area contributed by atoms with Crippen molar-refractivity contribution in [3.05, 3.63) is 22.2 Å². The molecular formula is C12H18BrNO3. The Balaban J connectivity index is 2.90. The van der Waals surface area contributed by atoms with Crippen LogP contribution in [0.2, 0.25) is 0 Å². The first-order valence-corrected chi connectivity index (χ1v) is 6.38. The maximum absolute atomic E-state index is 5.61. The van der Waals surface area contributed by atoms with Crippen molar-refractivity contribution >= 4 is 15.9 Å². The van der Waals surface area contributed by atoms with Gasteiger partial charge >= 0.3 is 0 Å². The largest absolute Gasteiger partial charge is 0.490 e. The monoisotopic (exact) mass is 303 g/mol. The highest BCUT2D eigenvalue weighted by atomic mass is 79.9. The molecule has 17 heavy (non-hydrogen) atoms. The molecule has 2 N–H and O–H groups in total. The van der Waals surface area contributed by atoms with Crippen molar-refractivity contribution in [2.45, 2.75) is 20.4 Å². The molecule has 0 fully saturated rings. The highest BCUT2D eigenvalue weighted by Gasteiger charge is 2.11. The van der Waals surface area contributed by atoms with Crippen LogP contribution >= 0.6 is 15.9 Å². The van der Waals surface area contributed by atoms with Crippen LogP contribution in [0, 0.1) is 0 Å². The summed E-state index contributed by atoms with van der Waals surface area (Å²) in [5.74, 6) is 1.33. The maximum atomic E-state index is 5.61. The standard InChI is InChI=1S/C12H18BrNO3/c1-3-15-8-17-12-10(13)5-9(7-14)6-11(12)16-4-2/h5-6H,3-4,7-8,14H2,1-2H3. The van der Waals surface area contributed by atoms with Crippen molar-refractivity contribution in [1.29, 1.82) is 0 Å². The molecule has 0 bridgehead atoms. The molecule has 0 radical (unpaired) electrons. The normalized spacial score (nSPS) is 10.4. The van der Waals surface area contributed by atoms with E-state index in [1.54, 1.807) is 0 Å². The van der Waals surface area contributed by atoms with Gasteiger partial charge in [0.25, 0.3) is 0 Å². The van der Waals surface area contributed by atoms with E-state index in [1.807, 2.05) is 26.0 Å². The number of nitrogens with two attached hydrogens (primary N) is 1. The second-order valence-corrected chi connectivity index (χ2v) is 4.15. The quantitative estimate of drug-likeness (QED) is 0.621. The van der Waals surface area contributed by atoms with Gasteiger partial charge in [-0.15, -0.1) is 0 Å². The average Bonchev–Trinajstić information content (AvgIpc) is 2.32. The van der Waals surface area contributed by atoms with Crippen molar-refractivity contribution < 1.29 is 14.2 Å². The minimum Gasteiger partial charge on any atom is -0.490 e. The van der Waals surface area contributed by atoms with Crippen LogP contribution in [-0.4, -0.2) is 20.0 Å². The Labute approximate surface area is 110 Å². The van der Waals surface area contributed by atoms with Gasteiger partial charge in [-0.1, -0.05) is 0 Å². The van der Waals surface area contributed by atoms with Gasteiger partial charge in [-0.2, -0.15) is 0 Å². The van der Waals surface area contributed by atoms with Crippen LogP contribution in [0.5, 0.6) is 11.5 Å². The van der Waals surface area contributed by atoms with Crippen LogP contribution in [0.15, 0.2) is 16.6 Å². The lowest BCUT2D eigenvalue weighted by molar-refractivity contribution is 0.0201. The first kappa shape index (κ1) is 14.3. The van der Waals surface area contributed by atoms with E-state index in [0.717, 1.165) is 10.0 Å². The molecule has 5 heteroatoms. The fraction of sp³-hybridized carbons (Fsp3) is 0.500. The summed E-state index contributed by atoms with van der Waals surface area (Å²) in [6, 6.07) is 3.80. The number of rotatable bonds is 7. The molecule has 0 aliphatic rings. The van der Waals surface area contributed by atoms with Gasteiger partial charge in [0.2, 0.25) is 0 Å². The fourth-order valence-electron chi connectivity index (χ4n) is 1.33. The lowest BCUT2D eigenvalue weighted by Crippen LogP contribution is -2.06. The van der Waals surface area contributed by atoms with Crippen molar-refractivity contribution in [3.8, 4) is 11.5 Å². The minimum absolute atomic E-state index is 0.206. The number of ether oxygens (including phenoxy) is 3. The maximum Gasteiger partial charge on any atom is 0.189 e. The van der Waals surface area contributed by atoms with Gasteiger partial charge in [-0.05, 0) is 47.5 Å². The van der Waals surface area contributed by atoms with E-state index in [-0.39, 0.29) is 6.79 Å². The van der Waals surface area contributed by atoms with E-state index in [1.165, 1.54) is 0 Å². The summed E-state index contributed by atoms with van der Waals surface area (Å²) in [4.78, 5) is 0. The third kappa shape index (κ3) is 4.18. The van der Waals surface area contributed by atoms with Crippen LogP contribution in [0.25, 0.3) is 0 Å². The summed E-state index contributed by atoms with van der Waals surface area (Å²) in [5, 5.41) is 0. The van der Waals surface area contributed by atoms with Crippen LogP contribution in [0.3, 0.4) is 0 Å². The van der Waals surface area contributed by atoms with E-state index in [2.05, 4.69) is 15.9 Å². The highest BCUT2D eigenvalue weighted by Crippen LogP contribution is 2.36. The highest BCUT2D eigenvalue weighted by molar-refractivity contribution is 9.10. The molecule has 0 aromatic heterocycles. The molecule has 96 valence electrons. The predicted molar refractivity (Wildman–Crippen MR) is 70.3 cm³/mol. The Bertz CT molecular complexity index is 358. The Morgan fingerprint density at radius 1 is 1.18 bits per heavy atom. The molecule has 0 aliphatic heterocycles. The Morgan fingerprint density at radius 3 is 2.53 bits per heavy atom. The molecular weight excluding hydrogens is 286 g/mol. The number of hydrogen-bond donors (Lipinski definition) is 1. The van der Waals surface area contributed by atoms with Crippen molar-refractivity contribution in [1.82, 2.24) is 0 Å². The van der Waals surface area contributed by atoms with Crippen molar-refractivity contribution in [3.63, 3.8) is 0 Å². The molecule has 0 heterocycles. The summed E-state index contributed by atoms with van der Waals surface area (Å²) in [5.41, 5.74) is 6.60.